The van der Waals surface area contributed by atoms with Crippen molar-refractivity contribution in [1.29, 1.82) is 0 Å². The monoisotopic (exact) mass is 643 g/mol. The average molecular weight is 644 g/mol. The number of rotatable bonds is 10. The number of aromatic nitrogens is 4. The zero-order valence-electron chi connectivity index (χ0n) is 23.5. The number of hydrogen-bond donors (Lipinski definition) is 2. The third-order valence-corrected chi connectivity index (χ3v) is 6.72. The third-order valence-electron chi connectivity index (χ3n) is 6.72. The molecule has 0 radical (unpaired) electrons. The molecule has 3 aromatic rings. The Morgan fingerprint density at radius 3 is 2.51 bits per heavy atom. The molecule has 1 saturated heterocycles. The van der Waals surface area contributed by atoms with Gasteiger partial charge in [-0.15, -0.1) is 18.3 Å². The first-order valence-corrected chi connectivity index (χ1v) is 13.7. The average Bonchev–Trinajstić information content (AvgIpc) is 3.47. The van der Waals surface area contributed by atoms with Gasteiger partial charge in [-0.05, 0) is 49.9 Å². The molecule has 1 aliphatic rings. The Morgan fingerprint density at radius 2 is 1.80 bits per heavy atom. The molecule has 18 heteroatoms. The van der Waals surface area contributed by atoms with E-state index in [-0.39, 0.29) is 24.2 Å². The first-order valence-electron chi connectivity index (χ1n) is 13.7. The number of anilines is 1. The molecule has 1 unspecified atom stereocenters. The highest BCUT2D eigenvalue weighted by atomic mass is 19.4. The van der Waals surface area contributed by atoms with Crippen LogP contribution in [-0.4, -0.2) is 67.8 Å². The Morgan fingerprint density at radius 1 is 1.07 bits per heavy atom. The van der Waals surface area contributed by atoms with Gasteiger partial charge in [0.1, 0.15) is 17.7 Å². The van der Waals surface area contributed by atoms with E-state index in [1.54, 1.807) is 0 Å². The number of alkyl halides is 4. The molecule has 1 fully saturated rings. The summed E-state index contributed by atoms with van der Waals surface area (Å²) in [4.78, 5) is 50.6. The lowest BCUT2D eigenvalue weighted by Gasteiger charge is -2.25. The quantitative estimate of drug-likeness (QED) is 0.256. The minimum Gasteiger partial charge on any atom is -0.406 e. The van der Waals surface area contributed by atoms with E-state index in [1.165, 1.54) is 4.90 Å². The molecule has 3 heterocycles. The van der Waals surface area contributed by atoms with Crippen LogP contribution in [0.3, 0.4) is 0 Å². The number of likely N-dealkylation sites (tertiary alicyclic amines) is 1. The van der Waals surface area contributed by atoms with E-state index in [0.717, 1.165) is 65.2 Å². The van der Waals surface area contributed by atoms with E-state index in [4.69, 9.17) is 0 Å². The first-order chi connectivity index (χ1) is 21.3. The number of benzene rings is 1. The highest BCUT2D eigenvalue weighted by Crippen LogP contribution is 2.24. The Hall–Kier alpha value is -4.90. The summed E-state index contributed by atoms with van der Waals surface area (Å²) in [5, 5.41) is 11.6. The van der Waals surface area contributed by atoms with Crippen LogP contribution in [0.25, 0.3) is 0 Å². The van der Waals surface area contributed by atoms with Crippen LogP contribution >= 0.6 is 0 Å². The van der Waals surface area contributed by atoms with Gasteiger partial charge in [0.25, 0.3) is 11.5 Å². The molecule has 0 saturated carbocycles. The molecule has 242 valence electrons. The van der Waals surface area contributed by atoms with E-state index < -0.39 is 72.0 Å². The summed E-state index contributed by atoms with van der Waals surface area (Å²) in [5.41, 5.74) is -2.21. The van der Waals surface area contributed by atoms with Crippen LogP contribution in [0.2, 0.25) is 0 Å². The van der Waals surface area contributed by atoms with E-state index in [1.807, 2.05) is 0 Å². The summed E-state index contributed by atoms with van der Waals surface area (Å²) < 4.78 is 86.1. The number of nitrogens with one attached hydrogen (secondary N) is 2. The highest BCUT2D eigenvalue weighted by Gasteiger charge is 2.31. The smallest absolute Gasteiger partial charge is 0.406 e. The van der Waals surface area contributed by atoms with Gasteiger partial charge >= 0.3 is 18.2 Å². The molecule has 1 aliphatic heterocycles. The fourth-order valence-corrected chi connectivity index (χ4v) is 4.45. The zero-order valence-corrected chi connectivity index (χ0v) is 23.5. The van der Waals surface area contributed by atoms with Crippen molar-refractivity contribution in [1.82, 2.24) is 29.8 Å². The summed E-state index contributed by atoms with van der Waals surface area (Å²) in [7, 11) is 0. The Balaban J connectivity index is 1.27. The SMILES string of the molecule is O=C(Nc1ccn(CCC(F)Cn2cc(C(=O)NCc3cc(OC(F)(F)F)ccc3F)nn2)c(=O)c1F)C(=O)N1CCCCC1. The fraction of sp³-hybridized carbons (Fsp3) is 0.407. The summed E-state index contributed by atoms with van der Waals surface area (Å²) in [6, 6.07) is 3.37. The van der Waals surface area contributed by atoms with Gasteiger partial charge in [0, 0.05) is 37.9 Å². The van der Waals surface area contributed by atoms with Crippen LogP contribution in [-0.2, 0) is 29.2 Å². The molecule has 12 nitrogen and oxygen atoms in total. The maximum atomic E-state index is 14.7. The third kappa shape index (κ3) is 9.05. The molecule has 2 aromatic heterocycles. The molecule has 1 atom stereocenters. The summed E-state index contributed by atoms with van der Waals surface area (Å²) >= 11 is 0. The van der Waals surface area contributed by atoms with Crippen molar-refractivity contribution in [2.45, 2.75) is 57.9 Å². The van der Waals surface area contributed by atoms with Crippen LogP contribution in [0.5, 0.6) is 5.75 Å². The van der Waals surface area contributed by atoms with Gasteiger partial charge in [-0.25, -0.2) is 13.5 Å². The number of amides is 3. The van der Waals surface area contributed by atoms with Crippen molar-refractivity contribution in [2.24, 2.45) is 0 Å². The molecule has 4 rings (SSSR count). The second-order valence-electron chi connectivity index (χ2n) is 10.0. The Kier molecular flexibility index (Phi) is 10.5. The second kappa shape index (κ2) is 14.3. The maximum absolute atomic E-state index is 14.7. The number of carbonyl (C=O) groups excluding carboxylic acids is 3. The van der Waals surface area contributed by atoms with Gasteiger partial charge in [-0.2, -0.15) is 4.39 Å². The van der Waals surface area contributed by atoms with Crippen LogP contribution in [0.15, 0.2) is 41.5 Å². The lowest BCUT2D eigenvalue weighted by molar-refractivity contribution is -0.274. The predicted molar refractivity (Wildman–Crippen MR) is 144 cm³/mol. The largest absolute Gasteiger partial charge is 0.573 e. The molecule has 1 aromatic carbocycles. The molecular formula is C27H27F6N7O5. The predicted octanol–water partition coefficient (Wildman–Crippen LogP) is 2.93. The van der Waals surface area contributed by atoms with Crippen molar-refractivity contribution in [2.75, 3.05) is 18.4 Å². The van der Waals surface area contributed by atoms with Gasteiger partial charge < -0.3 is 24.8 Å². The number of carbonyl (C=O) groups is 3. The Labute approximate surface area is 250 Å². The van der Waals surface area contributed by atoms with Gasteiger partial charge in [0.15, 0.2) is 5.69 Å². The Bertz CT molecular complexity index is 1600. The summed E-state index contributed by atoms with van der Waals surface area (Å²) in [6.07, 6.45) is -2.25. The second-order valence-corrected chi connectivity index (χ2v) is 10.0. The zero-order chi connectivity index (χ0) is 32.7. The number of halogens is 6. The van der Waals surface area contributed by atoms with Gasteiger partial charge in [0.05, 0.1) is 18.4 Å². The molecule has 2 N–H and O–H groups in total. The number of nitrogens with zero attached hydrogens (tertiary/aromatic N) is 5. The standard InChI is InChI=1S/C27H27F6N7O5/c28-17(6-10-39-11-7-20(22(30)25(39)43)35-24(42)26(44)38-8-2-1-3-9-38)14-40-15-21(36-37-40)23(41)34-13-16-12-18(4-5-19(16)29)45-27(31,32)33/h4-5,7,11-12,15,17H,1-3,6,8-10,13-14H2,(H,34,41)(H,35,42). The molecular weight excluding hydrogens is 616 g/mol. The van der Waals surface area contributed by atoms with E-state index in [0.29, 0.717) is 13.1 Å². The maximum Gasteiger partial charge on any atom is 0.573 e. The molecule has 0 aliphatic carbocycles. The van der Waals surface area contributed by atoms with Crippen molar-refractivity contribution < 1.29 is 45.5 Å². The van der Waals surface area contributed by atoms with Crippen LogP contribution in [0, 0.1) is 11.6 Å². The number of pyridine rings is 1. The van der Waals surface area contributed by atoms with Crippen molar-refractivity contribution in [3.05, 3.63) is 69.9 Å². The minimum atomic E-state index is -4.99. The number of piperidine rings is 1. The van der Waals surface area contributed by atoms with Crippen LogP contribution < -0.4 is 20.9 Å². The van der Waals surface area contributed by atoms with Gasteiger partial charge in [0.2, 0.25) is 5.82 Å². The van der Waals surface area contributed by atoms with Crippen molar-refractivity contribution in [3.63, 3.8) is 0 Å². The molecule has 45 heavy (non-hydrogen) atoms. The summed E-state index contributed by atoms with van der Waals surface area (Å²) in [5.74, 6) is -5.67. The normalized spacial score (nSPS) is 14.1. The highest BCUT2D eigenvalue weighted by molar-refractivity contribution is 6.39. The van der Waals surface area contributed by atoms with Crippen molar-refractivity contribution in [3.8, 4) is 5.75 Å². The van der Waals surface area contributed by atoms with Gasteiger partial charge in [-0.3, -0.25) is 19.2 Å². The van der Waals surface area contributed by atoms with E-state index >= 15 is 0 Å². The topological polar surface area (TPSA) is 140 Å². The van der Waals surface area contributed by atoms with Gasteiger partial charge in [-0.1, -0.05) is 5.21 Å². The first kappa shape index (κ1) is 33.0. The van der Waals surface area contributed by atoms with Crippen LogP contribution in [0.4, 0.5) is 32.0 Å². The van der Waals surface area contributed by atoms with Crippen LogP contribution in [0.1, 0.15) is 41.7 Å². The molecule has 0 bridgehead atoms. The van der Waals surface area contributed by atoms with E-state index in [2.05, 4.69) is 25.7 Å². The number of hydrogen-bond acceptors (Lipinski definition) is 7. The number of aryl methyl sites for hydroxylation is 1. The number of ether oxygens (including phenoxy) is 1. The van der Waals surface area contributed by atoms with Crippen molar-refractivity contribution >= 4 is 23.4 Å². The summed E-state index contributed by atoms with van der Waals surface area (Å²) in [6.45, 7) is -0.362. The molecule has 0 spiro atoms. The fourth-order valence-electron chi connectivity index (χ4n) is 4.45. The molecule has 3 amide bonds. The van der Waals surface area contributed by atoms with E-state index in [9.17, 15) is 45.5 Å². The minimum absolute atomic E-state index is 0.261. The lowest BCUT2D eigenvalue weighted by atomic mass is 10.1. The lowest BCUT2D eigenvalue weighted by Crippen LogP contribution is -2.42.